The number of rotatable bonds is 1. The fourth-order valence-corrected chi connectivity index (χ4v) is 3.59. The molecule has 0 unspecified atom stereocenters. The quantitative estimate of drug-likeness (QED) is 0.441. The van der Waals surface area contributed by atoms with E-state index in [0.29, 0.717) is 10.2 Å². The molecule has 0 amide bonds. The molecule has 1 aromatic carbocycles. The van der Waals surface area contributed by atoms with Crippen LogP contribution < -0.4 is 10.6 Å². The number of fused-ring (bicyclic) bond motifs is 1. The standard InChI is InChI=1S/C8H9N3O3S2/c1-5-3-2-4-6-7(5)11(16(12,13)14)8(10-9)15-6/h2-4H,9H2,1H3,(H,12,13,14). The molecule has 0 radical (unpaired) electrons. The Morgan fingerprint density at radius 2 is 2.19 bits per heavy atom. The Kier molecular flexibility index (Phi) is 2.49. The topological polar surface area (TPSA) is 97.7 Å². The molecule has 2 rings (SSSR count). The van der Waals surface area contributed by atoms with Crippen LogP contribution in [0.15, 0.2) is 23.3 Å². The van der Waals surface area contributed by atoms with E-state index < -0.39 is 10.3 Å². The van der Waals surface area contributed by atoms with E-state index in [0.717, 1.165) is 20.9 Å². The summed E-state index contributed by atoms with van der Waals surface area (Å²) in [5.74, 6) is 5.10. The Hall–Kier alpha value is -1.38. The molecule has 86 valence electrons. The van der Waals surface area contributed by atoms with Crippen LogP contribution in [0.3, 0.4) is 0 Å². The summed E-state index contributed by atoms with van der Waals surface area (Å²) >= 11 is 1.10. The summed E-state index contributed by atoms with van der Waals surface area (Å²) in [6.07, 6.45) is 0. The number of hydrogen-bond donors (Lipinski definition) is 2. The molecule has 0 aliphatic rings. The third-order valence-electron chi connectivity index (χ3n) is 2.12. The van der Waals surface area contributed by atoms with Crippen LogP contribution in [-0.4, -0.2) is 16.9 Å². The van der Waals surface area contributed by atoms with Gasteiger partial charge in [0.15, 0.2) is 0 Å². The van der Waals surface area contributed by atoms with Gasteiger partial charge in [-0.3, -0.25) is 4.55 Å². The van der Waals surface area contributed by atoms with Crippen LogP contribution in [0.5, 0.6) is 0 Å². The Balaban J connectivity index is 3.12. The molecule has 16 heavy (non-hydrogen) atoms. The predicted octanol–water partition coefficient (Wildman–Crippen LogP) is 0.437. The lowest BCUT2D eigenvalue weighted by Crippen LogP contribution is -2.24. The molecule has 0 aliphatic heterocycles. The van der Waals surface area contributed by atoms with Gasteiger partial charge in [0.2, 0.25) is 4.80 Å². The first-order valence-corrected chi connectivity index (χ1v) is 6.49. The van der Waals surface area contributed by atoms with E-state index in [-0.39, 0.29) is 4.80 Å². The van der Waals surface area contributed by atoms with Gasteiger partial charge in [0.1, 0.15) is 0 Å². The lowest BCUT2D eigenvalue weighted by atomic mass is 10.2. The molecule has 6 nitrogen and oxygen atoms in total. The summed E-state index contributed by atoms with van der Waals surface area (Å²) < 4.78 is 33.1. The number of nitrogens with two attached hydrogens (primary N) is 1. The molecule has 1 aromatic heterocycles. The third-order valence-corrected chi connectivity index (χ3v) is 4.07. The van der Waals surface area contributed by atoms with E-state index in [4.69, 9.17) is 10.4 Å². The van der Waals surface area contributed by atoms with Gasteiger partial charge in [0.25, 0.3) is 0 Å². The van der Waals surface area contributed by atoms with Crippen molar-refractivity contribution in [1.29, 1.82) is 0 Å². The van der Waals surface area contributed by atoms with Crippen molar-refractivity contribution < 1.29 is 13.0 Å². The number of aryl methyl sites for hydroxylation is 1. The fourth-order valence-electron chi connectivity index (χ4n) is 1.50. The van der Waals surface area contributed by atoms with Gasteiger partial charge in [-0.25, -0.2) is 0 Å². The van der Waals surface area contributed by atoms with Crippen molar-refractivity contribution in [3.05, 3.63) is 28.6 Å². The highest BCUT2D eigenvalue weighted by molar-refractivity contribution is 7.84. The number of aromatic nitrogens is 1. The average molecular weight is 259 g/mol. The minimum Gasteiger partial charge on any atom is -0.320 e. The molecule has 0 saturated carbocycles. The minimum atomic E-state index is -4.40. The maximum absolute atomic E-state index is 11.2. The molecule has 8 heteroatoms. The van der Waals surface area contributed by atoms with Gasteiger partial charge in [-0.1, -0.05) is 23.5 Å². The highest BCUT2D eigenvalue weighted by Crippen LogP contribution is 2.21. The second kappa shape index (κ2) is 3.58. The van der Waals surface area contributed by atoms with E-state index in [1.54, 1.807) is 25.1 Å². The van der Waals surface area contributed by atoms with E-state index in [1.807, 2.05) is 0 Å². The first-order chi connectivity index (χ1) is 7.45. The van der Waals surface area contributed by atoms with Crippen LogP contribution in [0.25, 0.3) is 10.2 Å². The zero-order valence-electron chi connectivity index (χ0n) is 8.28. The predicted molar refractivity (Wildman–Crippen MR) is 61.2 cm³/mol. The summed E-state index contributed by atoms with van der Waals surface area (Å²) in [4.78, 5) is 0.0341. The van der Waals surface area contributed by atoms with Crippen LogP contribution >= 0.6 is 11.3 Å². The van der Waals surface area contributed by atoms with Crippen molar-refractivity contribution in [2.75, 3.05) is 0 Å². The van der Waals surface area contributed by atoms with Crippen molar-refractivity contribution in [2.24, 2.45) is 10.9 Å². The summed E-state index contributed by atoms with van der Waals surface area (Å²) in [6, 6.07) is 5.28. The first kappa shape index (κ1) is 11.1. The molecule has 1 heterocycles. The zero-order valence-corrected chi connectivity index (χ0v) is 9.92. The van der Waals surface area contributed by atoms with E-state index in [1.165, 1.54) is 0 Å². The van der Waals surface area contributed by atoms with E-state index >= 15 is 0 Å². The second-order valence-corrected chi connectivity index (χ2v) is 5.45. The van der Waals surface area contributed by atoms with Crippen LogP contribution in [0.1, 0.15) is 5.56 Å². The molecule has 0 bridgehead atoms. The van der Waals surface area contributed by atoms with Crippen molar-refractivity contribution in [3.8, 4) is 0 Å². The molecule has 0 fully saturated rings. The van der Waals surface area contributed by atoms with Gasteiger partial charge >= 0.3 is 10.3 Å². The summed E-state index contributed by atoms with van der Waals surface area (Å²) in [6.45, 7) is 1.75. The van der Waals surface area contributed by atoms with E-state index in [9.17, 15) is 8.42 Å². The zero-order chi connectivity index (χ0) is 11.9. The number of hydrogen-bond acceptors (Lipinski definition) is 5. The fraction of sp³-hybridized carbons (Fsp3) is 0.125. The SMILES string of the molecule is Cc1cccc2sc(=NN)n(S(=O)(=O)O)c12. The van der Waals surface area contributed by atoms with Crippen LogP contribution in [0.4, 0.5) is 0 Å². The first-order valence-electron chi connectivity index (χ1n) is 4.28. The number of benzene rings is 1. The van der Waals surface area contributed by atoms with Gasteiger partial charge < -0.3 is 5.84 Å². The Morgan fingerprint density at radius 3 is 2.75 bits per heavy atom. The molecule has 0 aliphatic carbocycles. The molecular formula is C8H9N3O3S2. The number of thiazole rings is 1. The summed E-state index contributed by atoms with van der Waals surface area (Å²) in [5, 5.41) is 3.36. The maximum Gasteiger partial charge on any atom is 0.366 e. The number of nitrogens with zero attached hydrogens (tertiary/aromatic N) is 2. The van der Waals surface area contributed by atoms with Crippen molar-refractivity contribution in [3.63, 3.8) is 0 Å². The van der Waals surface area contributed by atoms with Crippen molar-refractivity contribution in [2.45, 2.75) is 6.92 Å². The van der Waals surface area contributed by atoms with E-state index in [2.05, 4.69) is 5.10 Å². The molecule has 0 spiro atoms. The molecule has 2 aromatic rings. The molecule has 0 saturated heterocycles. The lowest BCUT2D eigenvalue weighted by molar-refractivity contribution is 0.473. The van der Waals surface area contributed by atoms with Crippen molar-refractivity contribution >= 4 is 31.9 Å². The largest absolute Gasteiger partial charge is 0.366 e. The molecular weight excluding hydrogens is 250 g/mol. The van der Waals surface area contributed by atoms with Crippen molar-refractivity contribution in [1.82, 2.24) is 3.97 Å². The third kappa shape index (κ3) is 1.60. The Bertz CT molecular complexity index is 712. The van der Waals surface area contributed by atoms with Gasteiger partial charge in [-0.15, -0.1) is 0 Å². The summed E-state index contributed by atoms with van der Waals surface area (Å²) in [5.41, 5.74) is 1.13. The molecule has 0 atom stereocenters. The second-order valence-electron chi connectivity index (χ2n) is 3.18. The summed E-state index contributed by atoms with van der Waals surface area (Å²) in [7, 11) is -4.40. The van der Waals surface area contributed by atoms with Gasteiger partial charge in [0, 0.05) is 0 Å². The van der Waals surface area contributed by atoms with Crippen LogP contribution in [-0.2, 0) is 10.3 Å². The minimum absolute atomic E-state index is 0.0341. The lowest BCUT2D eigenvalue weighted by Gasteiger charge is -2.01. The normalized spacial score (nSPS) is 13.5. The van der Waals surface area contributed by atoms with Crippen LogP contribution in [0, 0.1) is 6.92 Å². The van der Waals surface area contributed by atoms with Gasteiger partial charge in [-0.05, 0) is 18.6 Å². The highest BCUT2D eigenvalue weighted by atomic mass is 32.2. The monoisotopic (exact) mass is 259 g/mol. The van der Waals surface area contributed by atoms with Gasteiger partial charge in [0.05, 0.1) is 10.2 Å². The Labute approximate surface area is 95.5 Å². The molecule has 3 N–H and O–H groups in total. The Morgan fingerprint density at radius 1 is 1.50 bits per heavy atom. The smallest absolute Gasteiger partial charge is 0.320 e. The maximum atomic E-state index is 11.2. The average Bonchev–Trinajstić information content (AvgIpc) is 2.57. The van der Waals surface area contributed by atoms with Gasteiger partial charge in [-0.2, -0.15) is 17.5 Å². The number of para-hydroxylation sites is 1. The highest BCUT2D eigenvalue weighted by Gasteiger charge is 2.17. The van der Waals surface area contributed by atoms with Crippen LogP contribution in [0.2, 0.25) is 0 Å².